The summed E-state index contributed by atoms with van der Waals surface area (Å²) in [4.78, 5) is 12.1. The van der Waals surface area contributed by atoms with Crippen LogP contribution in [0.4, 0.5) is 5.69 Å². The van der Waals surface area contributed by atoms with Crippen molar-refractivity contribution in [3.05, 3.63) is 29.3 Å². The van der Waals surface area contributed by atoms with Gasteiger partial charge in [0.15, 0.2) is 0 Å². The zero-order chi connectivity index (χ0) is 13.8. The van der Waals surface area contributed by atoms with Gasteiger partial charge in [-0.1, -0.05) is 32.4 Å². The Hall–Kier alpha value is -1.51. The van der Waals surface area contributed by atoms with Crippen LogP contribution in [0.2, 0.25) is 0 Å². The van der Waals surface area contributed by atoms with Crippen LogP contribution in [-0.4, -0.2) is 11.9 Å². The van der Waals surface area contributed by atoms with Crippen LogP contribution in [0, 0.1) is 5.92 Å². The molecule has 0 saturated carbocycles. The van der Waals surface area contributed by atoms with E-state index in [-0.39, 0.29) is 17.9 Å². The Kier molecular flexibility index (Phi) is 4.46. The van der Waals surface area contributed by atoms with Gasteiger partial charge in [0.05, 0.1) is 0 Å². The number of nitrogens with one attached hydrogen (secondary N) is 1. The van der Waals surface area contributed by atoms with Crippen LogP contribution in [0.25, 0.3) is 0 Å². The lowest BCUT2D eigenvalue weighted by Gasteiger charge is -2.27. The molecule has 0 radical (unpaired) electrons. The lowest BCUT2D eigenvalue weighted by Crippen LogP contribution is -2.41. The number of amides is 1. The second-order valence-corrected chi connectivity index (χ2v) is 5.62. The van der Waals surface area contributed by atoms with E-state index in [2.05, 4.69) is 18.3 Å². The van der Waals surface area contributed by atoms with Crippen molar-refractivity contribution in [2.24, 2.45) is 5.92 Å². The number of nitrogen functional groups attached to an aromatic ring is 1. The van der Waals surface area contributed by atoms with Gasteiger partial charge in [-0.3, -0.25) is 4.79 Å². The third kappa shape index (κ3) is 3.28. The summed E-state index contributed by atoms with van der Waals surface area (Å²) in [6.07, 6.45) is 4.90. The van der Waals surface area contributed by atoms with Crippen molar-refractivity contribution in [2.75, 3.05) is 5.73 Å². The minimum absolute atomic E-state index is 0.111. The predicted octanol–water partition coefficient (Wildman–Crippen LogP) is 2.68. The second-order valence-electron chi connectivity index (χ2n) is 5.62. The molecule has 0 bridgehead atoms. The molecule has 0 fully saturated rings. The molecule has 1 aromatic rings. The number of carbonyl (C=O) groups is 1. The highest BCUT2D eigenvalue weighted by molar-refractivity contribution is 5.78. The number of aryl methyl sites for hydroxylation is 1. The van der Waals surface area contributed by atoms with Gasteiger partial charge in [0.25, 0.3) is 0 Å². The van der Waals surface area contributed by atoms with E-state index in [9.17, 15) is 4.79 Å². The van der Waals surface area contributed by atoms with Crippen LogP contribution in [0.1, 0.15) is 44.2 Å². The molecule has 0 spiro atoms. The van der Waals surface area contributed by atoms with Crippen LogP contribution >= 0.6 is 0 Å². The zero-order valence-electron chi connectivity index (χ0n) is 11.9. The third-order valence-corrected chi connectivity index (χ3v) is 4.04. The number of hydrogen-bond donors (Lipinski definition) is 2. The molecule has 1 aromatic carbocycles. The molecule has 1 aliphatic rings. The fourth-order valence-corrected chi connectivity index (χ4v) is 2.85. The molecule has 0 heterocycles. The fraction of sp³-hybridized carbons (Fsp3) is 0.562. The van der Waals surface area contributed by atoms with E-state index in [0.29, 0.717) is 0 Å². The molecule has 2 atom stereocenters. The Bertz CT molecular complexity index is 456. The summed E-state index contributed by atoms with van der Waals surface area (Å²) in [5.74, 6) is 0.296. The van der Waals surface area contributed by atoms with E-state index in [0.717, 1.165) is 37.8 Å². The van der Waals surface area contributed by atoms with Crippen molar-refractivity contribution in [3.63, 3.8) is 0 Å². The normalized spacial score (nSPS) is 19.6. The fourth-order valence-electron chi connectivity index (χ4n) is 2.85. The van der Waals surface area contributed by atoms with Gasteiger partial charge >= 0.3 is 0 Å². The smallest absolute Gasteiger partial charge is 0.223 e. The van der Waals surface area contributed by atoms with Crippen molar-refractivity contribution in [1.82, 2.24) is 5.32 Å². The van der Waals surface area contributed by atoms with Gasteiger partial charge in [0.1, 0.15) is 0 Å². The van der Waals surface area contributed by atoms with Crippen molar-refractivity contribution in [1.29, 1.82) is 0 Å². The zero-order valence-corrected chi connectivity index (χ0v) is 11.9. The van der Waals surface area contributed by atoms with E-state index in [4.69, 9.17) is 5.73 Å². The molecule has 2 unspecified atom stereocenters. The third-order valence-electron chi connectivity index (χ3n) is 4.04. The number of hydrogen-bond acceptors (Lipinski definition) is 2. The largest absolute Gasteiger partial charge is 0.398 e. The highest BCUT2D eigenvalue weighted by Crippen LogP contribution is 2.26. The lowest BCUT2D eigenvalue weighted by molar-refractivity contribution is -0.125. The number of rotatable bonds is 4. The molecule has 0 saturated heterocycles. The predicted molar refractivity (Wildman–Crippen MR) is 78.9 cm³/mol. The van der Waals surface area contributed by atoms with Crippen LogP contribution < -0.4 is 11.1 Å². The van der Waals surface area contributed by atoms with E-state index in [1.165, 1.54) is 11.1 Å². The van der Waals surface area contributed by atoms with Crippen molar-refractivity contribution >= 4 is 11.6 Å². The van der Waals surface area contributed by atoms with Crippen molar-refractivity contribution in [2.45, 2.75) is 52.0 Å². The molecule has 2 rings (SSSR count). The van der Waals surface area contributed by atoms with Crippen molar-refractivity contribution < 1.29 is 4.79 Å². The quantitative estimate of drug-likeness (QED) is 0.818. The average molecular weight is 260 g/mol. The first kappa shape index (κ1) is 13.9. The Balaban J connectivity index is 1.98. The number of nitrogens with two attached hydrogens (primary N) is 1. The average Bonchev–Trinajstić information content (AvgIpc) is 2.40. The van der Waals surface area contributed by atoms with Crippen LogP contribution in [0.5, 0.6) is 0 Å². The summed E-state index contributed by atoms with van der Waals surface area (Å²) in [5.41, 5.74) is 9.45. The summed E-state index contributed by atoms with van der Waals surface area (Å²) in [6.45, 7) is 4.12. The molecule has 104 valence electrons. The monoisotopic (exact) mass is 260 g/mol. The maximum Gasteiger partial charge on any atom is 0.223 e. The maximum absolute atomic E-state index is 12.1. The molecule has 1 amide bonds. The number of carbonyl (C=O) groups excluding carboxylic acids is 1. The summed E-state index contributed by atoms with van der Waals surface area (Å²) in [6, 6.07) is 6.34. The minimum atomic E-state index is 0.111. The summed E-state index contributed by atoms with van der Waals surface area (Å²) >= 11 is 0. The van der Waals surface area contributed by atoms with Gasteiger partial charge in [-0.2, -0.15) is 0 Å². The molecule has 19 heavy (non-hydrogen) atoms. The van der Waals surface area contributed by atoms with Gasteiger partial charge in [0.2, 0.25) is 5.91 Å². The molecule has 1 aliphatic carbocycles. The first-order chi connectivity index (χ1) is 9.11. The minimum Gasteiger partial charge on any atom is -0.398 e. The van der Waals surface area contributed by atoms with Gasteiger partial charge in [-0.25, -0.2) is 0 Å². The van der Waals surface area contributed by atoms with Gasteiger partial charge in [0, 0.05) is 17.6 Å². The lowest BCUT2D eigenvalue weighted by atomic mass is 9.87. The SMILES string of the molecule is CCCC(C)C(=O)NC1CCc2cccc(N)c2C1. The molecular weight excluding hydrogens is 236 g/mol. The summed E-state index contributed by atoms with van der Waals surface area (Å²) in [7, 11) is 0. The number of anilines is 1. The van der Waals surface area contributed by atoms with Crippen LogP contribution in [0.3, 0.4) is 0 Å². The standard InChI is InChI=1S/C16H24N2O/c1-3-5-11(2)16(19)18-13-9-8-12-6-4-7-15(17)14(12)10-13/h4,6-7,11,13H,3,5,8-10,17H2,1-2H3,(H,18,19). The van der Waals surface area contributed by atoms with E-state index < -0.39 is 0 Å². The molecular formula is C16H24N2O. The van der Waals surface area contributed by atoms with Crippen LogP contribution in [0.15, 0.2) is 18.2 Å². The highest BCUT2D eigenvalue weighted by atomic mass is 16.1. The van der Waals surface area contributed by atoms with Gasteiger partial charge in [-0.05, 0) is 42.9 Å². The van der Waals surface area contributed by atoms with E-state index >= 15 is 0 Å². The Morgan fingerprint density at radius 1 is 1.53 bits per heavy atom. The molecule has 3 N–H and O–H groups in total. The molecule has 0 aromatic heterocycles. The number of fused-ring (bicyclic) bond motifs is 1. The number of benzene rings is 1. The molecule has 3 nitrogen and oxygen atoms in total. The van der Waals surface area contributed by atoms with E-state index in [1.54, 1.807) is 0 Å². The topological polar surface area (TPSA) is 55.1 Å². The van der Waals surface area contributed by atoms with Crippen LogP contribution in [-0.2, 0) is 17.6 Å². The molecule has 3 heteroatoms. The van der Waals surface area contributed by atoms with Gasteiger partial charge < -0.3 is 11.1 Å². The molecule has 0 aliphatic heterocycles. The first-order valence-corrected chi connectivity index (χ1v) is 7.28. The Morgan fingerprint density at radius 2 is 2.32 bits per heavy atom. The maximum atomic E-state index is 12.1. The summed E-state index contributed by atoms with van der Waals surface area (Å²) in [5, 5.41) is 3.18. The summed E-state index contributed by atoms with van der Waals surface area (Å²) < 4.78 is 0. The van der Waals surface area contributed by atoms with E-state index in [1.807, 2.05) is 19.1 Å². The van der Waals surface area contributed by atoms with Gasteiger partial charge in [-0.15, -0.1) is 0 Å². The Labute approximate surface area is 115 Å². The Morgan fingerprint density at radius 3 is 3.05 bits per heavy atom. The van der Waals surface area contributed by atoms with Crippen molar-refractivity contribution in [3.8, 4) is 0 Å². The second kappa shape index (κ2) is 6.09. The first-order valence-electron chi connectivity index (χ1n) is 7.28. The highest BCUT2D eigenvalue weighted by Gasteiger charge is 2.23.